The third-order valence-electron chi connectivity index (χ3n) is 4.69. The second kappa shape index (κ2) is 6.37. The maximum Gasteiger partial charge on any atom is 0.416 e. The quantitative estimate of drug-likeness (QED) is 0.442. The van der Waals surface area contributed by atoms with Gasteiger partial charge in [-0.25, -0.2) is 9.78 Å². The van der Waals surface area contributed by atoms with Crippen LogP contribution in [0.4, 0.5) is 13.2 Å². The lowest BCUT2D eigenvalue weighted by Gasteiger charge is -2.12. The van der Waals surface area contributed by atoms with E-state index < -0.39 is 17.7 Å². The first-order chi connectivity index (χ1) is 13.3. The number of aromatic nitrogens is 2. The minimum absolute atomic E-state index is 0.351. The van der Waals surface area contributed by atoms with Crippen LogP contribution in [0.2, 0.25) is 0 Å². The van der Waals surface area contributed by atoms with Gasteiger partial charge in [0, 0.05) is 11.8 Å². The van der Waals surface area contributed by atoms with Crippen molar-refractivity contribution in [3.8, 4) is 11.3 Å². The van der Waals surface area contributed by atoms with Crippen LogP contribution in [0.5, 0.6) is 0 Å². The molecule has 0 unspecified atom stereocenters. The Kier molecular flexibility index (Phi) is 4.10. The van der Waals surface area contributed by atoms with E-state index in [0.717, 1.165) is 28.7 Å². The summed E-state index contributed by atoms with van der Waals surface area (Å²) in [5.74, 6) is -0.483. The first kappa shape index (κ1) is 18.0. The second-order valence-electron chi connectivity index (χ2n) is 6.45. The normalized spacial score (nSPS) is 11.9. The lowest BCUT2D eigenvalue weighted by molar-refractivity contribution is -0.137. The van der Waals surface area contributed by atoms with Crippen LogP contribution in [0.15, 0.2) is 54.7 Å². The van der Waals surface area contributed by atoms with Crippen LogP contribution in [0, 0.1) is 6.92 Å². The zero-order valence-corrected chi connectivity index (χ0v) is 15.0. The Morgan fingerprint density at radius 1 is 1.07 bits per heavy atom. The van der Waals surface area contributed by atoms with E-state index in [2.05, 4.69) is 4.98 Å². The average Bonchev–Trinajstić information content (AvgIpc) is 3.07. The number of ether oxygens (including phenoxy) is 1. The standard InChI is InChI=1S/C21H15F3N2O2/c1-12-9-10-26-17-8-5-14(20(27)28-2)11-16(17)25-18(19(12)26)13-3-6-15(7-4-13)21(22,23)24/h3-11H,1-2H3. The molecule has 2 aromatic carbocycles. The van der Waals surface area contributed by atoms with Crippen molar-refractivity contribution in [2.75, 3.05) is 7.11 Å². The van der Waals surface area contributed by atoms with Gasteiger partial charge in [0.15, 0.2) is 0 Å². The van der Waals surface area contributed by atoms with Crippen LogP contribution in [-0.2, 0) is 10.9 Å². The van der Waals surface area contributed by atoms with Gasteiger partial charge in [-0.05, 0) is 48.9 Å². The zero-order chi connectivity index (χ0) is 20.1. The van der Waals surface area contributed by atoms with Gasteiger partial charge < -0.3 is 9.14 Å². The summed E-state index contributed by atoms with van der Waals surface area (Å²) < 4.78 is 45.3. The Morgan fingerprint density at radius 2 is 1.79 bits per heavy atom. The molecule has 0 saturated heterocycles. The Balaban J connectivity index is 1.97. The van der Waals surface area contributed by atoms with Crippen molar-refractivity contribution < 1.29 is 22.7 Å². The van der Waals surface area contributed by atoms with Gasteiger partial charge in [-0.15, -0.1) is 0 Å². The van der Waals surface area contributed by atoms with Crippen LogP contribution >= 0.6 is 0 Å². The molecule has 0 amide bonds. The Hall–Kier alpha value is -3.35. The molecule has 4 aromatic rings. The summed E-state index contributed by atoms with van der Waals surface area (Å²) in [7, 11) is 1.30. The van der Waals surface area contributed by atoms with E-state index in [1.54, 1.807) is 18.2 Å². The van der Waals surface area contributed by atoms with Crippen molar-refractivity contribution in [3.63, 3.8) is 0 Å². The number of benzene rings is 2. The summed E-state index contributed by atoms with van der Waals surface area (Å²) in [6, 6.07) is 11.9. The number of aryl methyl sites for hydroxylation is 1. The summed E-state index contributed by atoms with van der Waals surface area (Å²) in [5.41, 5.74) is 3.82. The Bertz CT molecular complexity index is 1210. The molecular formula is C21H15F3N2O2. The van der Waals surface area contributed by atoms with Crippen LogP contribution < -0.4 is 0 Å². The molecule has 0 aliphatic rings. The molecule has 0 aliphatic heterocycles. The zero-order valence-electron chi connectivity index (χ0n) is 15.0. The molecule has 4 nitrogen and oxygen atoms in total. The summed E-state index contributed by atoms with van der Waals surface area (Å²) in [4.78, 5) is 16.5. The molecular weight excluding hydrogens is 369 g/mol. The van der Waals surface area contributed by atoms with E-state index in [9.17, 15) is 18.0 Å². The fourth-order valence-electron chi connectivity index (χ4n) is 3.28. The van der Waals surface area contributed by atoms with Crippen LogP contribution in [0.25, 0.3) is 27.8 Å². The smallest absolute Gasteiger partial charge is 0.416 e. The van der Waals surface area contributed by atoms with E-state index in [-0.39, 0.29) is 0 Å². The van der Waals surface area contributed by atoms with Crippen LogP contribution in [-0.4, -0.2) is 22.5 Å². The second-order valence-corrected chi connectivity index (χ2v) is 6.45. The van der Waals surface area contributed by atoms with Gasteiger partial charge in [0.1, 0.15) is 0 Å². The van der Waals surface area contributed by atoms with Crippen molar-refractivity contribution in [1.82, 2.24) is 9.38 Å². The number of nitrogens with zero attached hydrogens (tertiary/aromatic N) is 2. The minimum atomic E-state index is -4.40. The number of alkyl halides is 3. The molecule has 0 N–H and O–H groups in total. The third-order valence-corrected chi connectivity index (χ3v) is 4.69. The van der Waals surface area contributed by atoms with Gasteiger partial charge in [0.05, 0.1) is 40.5 Å². The molecule has 0 saturated carbocycles. The monoisotopic (exact) mass is 384 g/mol. The average molecular weight is 384 g/mol. The molecule has 28 heavy (non-hydrogen) atoms. The number of hydrogen-bond acceptors (Lipinski definition) is 3. The topological polar surface area (TPSA) is 43.6 Å². The van der Waals surface area contributed by atoms with E-state index in [0.29, 0.717) is 22.3 Å². The van der Waals surface area contributed by atoms with Gasteiger partial charge in [0.2, 0.25) is 0 Å². The van der Waals surface area contributed by atoms with Crippen LogP contribution in [0.3, 0.4) is 0 Å². The number of carbonyl (C=O) groups is 1. The largest absolute Gasteiger partial charge is 0.465 e. The number of hydrogen-bond donors (Lipinski definition) is 0. The van der Waals surface area contributed by atoms with Crippen molar-refractivity contribution in [1.29, 1.82) is 0 Å². The van der Waals surface area contributed by atoms with Gasteiger partial charge in [-0.1, -0.05) is 12.1 Å². The molecule has 2 aromatic heterocycles. The third kappa shape index (κ3) is 2.89. The highest BCUT2D eigenvalue weighted by Gasteiger charge is 2.30. The molecule has 0 radical (unpaired) electrons. The summed E-state index contributed by atoms with van der Waals surface area (Å²) in [5, 5.41) is 0. The number of halogens is 3. The predicted molar refractivity (Wildman–Crippen MR) is 99.2 cm³/mol. The minimum Gasteiger partial charge on any atom is -0.465 e. The molecule has 0 atom stereocenters. The van der Waals surface area contributed by atoms with E-state index in [1.165, 1.54) is 19.2 Å². The predicted octanol–water partition coefficient (Wildman–Crippen LogP) is 5.27. The molecule has 0 bridgehead atoms. The maximum atomic E-state index is 12.9. The van der Waals surface area contributed by atoms with Gasteiger partial charge in [-0.3, -0.25) is 0 Å². The molecule has 0 fully saturated rings. The molecule has 0 aliphatic carbocycles. The first-order valence-corrected chi connectivity index (χ1v) is 8.47. The molecule has 142 valence electrons. The first-order valence-electron chi connectivity index (χ1n) is 8.47. The SMILES string of the molecule is COC(=O)c1ccc2c(c1)nc(-c1ccc(C(F)(F)F)cc1)c1c(C)ccn12. The molecule has 2 heterocycles. The highest BCUT2D eigenvalue weighted by molar-refractivity contribution is 5.96. The lowest BCUT2D eigenvalue weighted by atomic mass is 10.1. The van der Waals surface area contributed by atoms with Crippen molar-refractivity contribution in [2.45, 2.75) is 13.1 Å². The Morgan fingerprint density at radius 3 is 2.43 bits per heavy atom. The van der Waals surface area contributed by atoms with Crippen molar-refractivity contribution in [2.24, 2.45) is 0 Å². The highest BCUT2D eigenvalue weighted by Crippen LogP contribution is 2.33. The van der Waals surface area contributed by atoms with Crippen molar-refractivity contribution >= 4 is 22.5 Å². The van der Waals surface area contributed by atoms with Gasteiger partial charge in [0.25, 0.3) is 0 Å². The molecule has 0 spiro atoms. The lowest BCUT2D eigenvalue weighted by Crippen LogP contribution is -2.04. The summed E-state index contributed by atoms with van der Waals surface area (Å²) in [6.45, 7) is 1.92. The van der Waals surface area contributed by atoms with E-state index in [4.69, 9.17) is 4.74 Å². The molecule has 7 heteroatoms. The number of fused-ring (bicyclic) bond motifs is 3. The summed E-state index contributed by atoms with van der Waals surface area (Å²) >= 11 is 0. The van der Waals surface area contributed by atoms with Gasteiger partial charge in [-0.2, -0.15) is 13.2 Å². The maximum absolute atomic E-state index is 12.9. The number of carbonyl (C=O) groups excluding carboxylic acids is 1. The number of methoxy groups -OCH3 is 1. The highest BCUT2D eigenvalue weighted by atomic mass is 19.4. The Labute approximate surface area is 158 Å². The number of esters is 1. The van der Waals surface area contributed by atoms with Crippen molar-refractivity contribution in [3.05, 3.63) is 71.4 Å². The van der Waals surface area contributed by atoms with Crippen LogP contribution in [0.1, 0.15) is 21.5 Å². The van der Waals surface area contributed by atoms with E-state index in [1.807, 2.05) is 23.6 Å². The summed E-state index contributed by atoms with van der Waals surface area (Å²) in [6.07, 6.45) is -2.52. The number of rotatable bonds is 2. The van der Waals surface area contributed by atoms with Gasteiger partial charge >= 0.3 is 12.1 Å². The van der Waals surface area contributed by atoms with E-state index >= 15 is 0 Å². The fourth-order valence-corrected chi connectivity index (χ4v) is 3.28. The molecule has 4 rings (SSSR count). The fraction of sp³-hybridized carbons (Fsp3) is 0.143.